The second kappa shape index (κ2) is 4.51. The molecule has 0 unspecified atom stereocenters. The van der Waals surface area contributed by atoms with Crippen LogP contribution in [0, 0.1) is 0 Å². The topological polar surface area (TPSA) is 70.7 Å². The van der Waals surface area contributed by atoms with Crippen molar-refractivity contribution >= 4 is 11.9 Å². The predicted molar refractivity (Wildman–Crippen MR) is 58.5 cm³/mol. The molecule has 15 heavy (non-hydrogen) atoms. The van der Waals surface area contributed by atoms with Gasteiger partial charge in [-0.2, -0.15) is 0 Å². The van der Waals surface area contributed by atoms with Crippen molar-refractivity contribution in [1.29, 1.82) is 0 Å². The number of hydrogen-bond acceptors (Lipinski definition) is 2. The first-order valence-corrected chi connectivity index (χ1v) is 5.60. The molecule has 1 aliphatic carbocycles. The Morgan fingerprint density at radius 2 is 2.07 bits per heavy atom. The van der Waals surface area contributed by atoms with Gasteiger partial charge in [0.1, 0.15) is 6.54 Å². The first kappa shape index (κ1) is 10.3. The van der Waals surface area contributed by atoms with Crippen LogP contribution in [-0.2, 0) is 4.79 Å². The molecule has 0 spiro atoms. The van der Waals surface area contributed by atoms with Crippen molar-refractivity contribution in [2.45, 2.75) is 31.7 Å². The van der Waals surface area contributed by atoms with Gasteiger partial charge in [-0.3, -0.25) is 4.79 Å². The number of nitrogens with two attached hydrogens (primary N) is 1. The van der Waals surface area contributed by atoms with Crippen molar-refractivity contribution in [3.8, 4) is 0 Å². The van der Waals surface area contributed by atoms with Crippen molar-refractivity contribution in [2.75, 3.05) is 19.6 Å². The maximum atomic E-state index is 11.6. The molecule has 0 atom stereocenters. The molecule has 2 fully saturated rings. The van der Waals surface area contributed by atoms with Crippen LogP contribution in [0.1, 0.15) is 25.7 Å². The van der Waals surface area contributed by atoms with Gasteiger partial charge < -0.3 is 16.0 Å². The monoisotopic (exact) mass is 210 g/mol. The summed E-state index contributed by atoms with van der Waals surface area (Å²) in [5.74, 6) is 0.498. The summed E-state index contributed by atoms with van der Waals surface area (Å²) in [6, 6.07) is 0.496. The number of hydrogen-bond donors (Lipinski definition) is 2. The van der Waals surface area contributed by atoms with E-state index in [0.29, 0.717) is 12.0 Å². The van der Waals surface area contributed by atoms with Gasteiger partial charge in [-0.25, -0.2) is 4.99 Å². The maximum absolute atomic E-state index is 11.6. The summed E-state index contributed by atoms with van der Waals surface area (Å²) in [6.45, 7) is 1.94. The molecule has 2 aliphatic rings. The van der Waals surface area contributed by atoms with E-state index in [1.807, 2.05) is 4.90 Å². The van der Waals surface area contributed by atoms with Gasteiger partial charge in [-0.15, -0.1) is 0 Å². The van der Waals surface area contributed by atoms with E-state index in [0.717, 1.165) is 38.8 Å². The Morgan fingerprint density at radius 1 is 1.40 bits per heavy atom. The molecule has 1 saturated heterocycles. The number of guanidine groups is 1. The molecule has 5 heteroatoms. The van der Waals surface area contributed by atoms with E-state index in [2.05, 4.69) is 10.3 Å². The Kier molecular flexibility index (Phi) is 3.08. The Labute approximate surface area is 89.7 Å². The molecule has 1 aliphatic heterocycles. The van der Waals surface area contributed by atoms with E-state index < -0.39 is 0 Å². The molecule has 5 nitrogen and oxygen atoms in total. The van der Waals surface area contributed by atoms with Crippen LogP contribution in [0.15, 0.2) is 4.99 Å². The van der Waals surface area contributed by atoms with Gasteiger partial charge in [0.2, 0.25) is 5.91 Å². The molecule has 0 radical (unpaired) electrons. The highest BCUT2D eigenvalue weighted by molar-refractivity contribution is 5.84. The summed E-state index contributed by atoms with van der Waals surface area (Å²) in [7, 11) is 0. The van der Waals surface area contributed by atoms with E-state index in [1.165, 1.54) is 0 Å². The zero-order chi connectivity index (χ0) is 10.7. The fourth-order valence-electron chi connectivity index (χ4n) is 1.70. The molecule has 0 aromatic carbocycles. The van der Waals surface area contributed by atoms with Crippen LogP contribution < -0.4 is 11.1 Å². The van der Waals surface area contributed by atoms with Gasteiger partial charge in [-0.1, -0.05) is 0 Å². The highest BCUT2D eigenvalue weighted by Crippen LogP contribution is 2.17. The minimum atomic E-state index is 0.0908. The first-order valence-electron chi connectivity index (χ1n) is 5.60. The Bertz CT molecular complexity index is 267. The lowest BCUT2D eigenvalue weighted by molar-refractivity contribution is -0.128. The van der Waals surface area contributed by atoms with E-state index >= 15 is 0 Å². The van der Waals surface area contributed by atoms with Gasteiger partial charge in [0, 0.05) is 19.1 Å². The van der Waals surface area contributed by atoms with Crippen molar-refractivity contribution in [2.24, 2.45) is 10.7 Å². The summed E-state index contributed by atoms with van der Waals surface area (Å²) >= 11 is 0. The third-order valence-electron chi connectivity index (χ3n) is 2.77. The van der Waals surface area contributed by atoms with E-state index in [-0.39, 0.29) is 12.5 Å². The summed E-state index contributed by atoms with van der Waals surface area (Å²) in [6.07, 6.45) is 4.56. The average Bonchev–Trinajstić information content (AvgIpc) is 2.86. The van der Waals surface area contributed by atoms with Crippen LogP contribution in [0.25, 0.3) is 0 Å². The zero-order valence-corrected chi connectivity index (χ0v) is 8.91. The van der Waals surface area contributed by atoms with Crippen LogP contribution in [-0.4, -0.2) is 42.4 Å². The lowest BCUT2D eigenvalue weighted by Crippen LogP contribution is -2.35. The molecule has 1 amide bonds. The maximum Gasteiger partial charge on any atom is 0.244 e. The van der Waals surface area contributed by atoms with Crippen molar-refractivity contribution in [1.82, 2.24) is 10.2 Å². The van der Waals surface area contributed by atoms with Gasteiger partial charge in [0.25, 0.3) is 0 Å². The van der Waals surface area contributed by atoms with Crippen LogP contribution in [0.4, 0.5) is 0 Å². The van der Waals surface area contributed by atoms with Crippen molar-refractivity contribution in [3.63, 3.8) is 0 Å². The number of carbonyl (C=O) groups excluding carboxylic acids is 1. The van der Waals surface area contributed by atoms with Gasteiger partial charge >= 0.3 is 0 Å². The molecule has 1 saturated carbocycles. The van der Waals surface area contributed by atoms with Gasteiger partial charge in [0.15, 0.2) is 5.96 Å². The van der Waals surface area contributed by atoms with Crippen molar-refractivity contribution < 1.29 is 4.79 Å². The second-order valence-electron chi connectivity index (χ2n) is 4.21. The summed E-state index contributed by atoms with van der Waals surface area (Å²) in [4.78, 5) is 17.5. The molecule has 2 rings (SSSR count). The summed E-state index contributed by atoms with van der Waals surface area (Å²) in [5, 5.41) is 3.06. The SMILES string of the molecule is NC(=NCC(=O)N1CCCC1)NC1CC1. The van der Waals surface area contributed by atoms with Gasteiger partial charge in [0.05, 0.1) is 0 Å². The first-order chi connectivity index (χ1) is 7.25. The molecule has 0 aromatic heterocycles. The second-order valence-corrected chi connectivity index (χ2v) is 4.21. The third-order valence-corrected chi connectivity index (χ3v) is 2.77. The minimum Gasteiger partial charge on any atom is -0.370 e. The third kappa shape index (κ3) is 3.11. The lowest BCUT2D eigenvalue weighted by Gasteiger charge is -2.13. The standard InChI is InChI=1S/C10H18N4O/c11-10(13-8-3-4-8)12-7-9(15)14-5-1-2-6-14/h8H,1-7H2,(H3,11,12,13). The predicted octanol–water partition coefficient (Wildman–Crippen LogP) is -0.324. The highest BCUT2D eigenvalue weighted by atomic mass is 16.2. The van der Waals surface area contributed by atoms with Crippen LogP contribution in [0.2, 0.25) is 0 Å². The number of carbonyl (C=O) groups is 1. The molecular formula is C10H18N4O. The molecule has 0 bridgehead atoms. The summed E-state index contributed by atoms with van der Waals surface area (Å²) < 4.78 is 0. The zero-order valence-electron chi connectivity index (χ0n) is 8.91. The van der Waals surface area contributed by atoms with Crippen LogP contribution in [0.3, 0.4) is 0 Å². The summed E-state index contributed by atoms with van der Waals surface area (Å²) in [5.41, 5.74) is 5.63. The lowest BCUT2D eigenvalue weighted by atomic mass is 10.4. The normalized spacial score (nSPS) is 21.9. The highest BCUT2D eigenvalue weighted by Gasteiger charge is 2.22. The van der Waals surface area contributed by atoms with Crippen LogP contribution in [0.5, 0.6) is 0 Å². The minimum absolute atomic E-state index is 0.0908. The van der Waals surface area contributed by atoms with E-state index in [1.54, 1.807) is 0 Å². The number of nitrogens with one attached hydrogen (secondary N) is 1. The molecule has 1 heterocycles. The quantitative estimate of drug-likeness (QED) is 0.495. The number of aliphatic imine (C=N–C) groups is 1. The number of rotatable bonds is 3. The Hall–Kier alpha value is -1.26. The average molecular weight is 210 g/mol. The van der Waals surface area contributed by atoms with Crippen LogP contribution >= 0.6 is 0 Å². The molecular weight excluding hydrogens is 192 g/mol. The van der Waals surface area contributed by atoms with Gasteiger partial charge in [-0.05, 0) is 25.7 Å². The largest absolute Gasteiger partial charge is 0.370 e. The molecule has 3 N–H and O–H groups in total. The molecule has 0 aromatic rings. The molecule has 84 valence electrons. The van der Waals surface area contributed by atoms with Crippen molar-refractivity contribution in [3.05, 3.63) is 0 Å². The Balaban J connectivity index is 1.72. The fourth-order valence-corrected chi connectivity index (χ4v) is 1.70. The number of amides is 1. The fraction of sp³-hybridized carbons (Fsp3) is 0.800. The Morgan fingerprint density at radius 3 is 2.67 bits per heavy atom. The number of likely N-dealkylation sites (tertiary alicyclic amines) is 1. The smallest absolute Gasteiger partial charge is 0.244 e. The van der Waals surface area contributed by atoms with E-state index in [9.17, 15) is 4.79 Å². The number of nitrogens with zero attached hydrogens (tertiary/aromatic N) is 2. The van der Waals surface area contributed by atoms with E-state index in [4.69, 9.17) is 5.73 Å².